The van der Waals surface area contributed by atoms with Crippen LogP contribution in [0, 0.1) is 0 Å². The Balaban J connectivity index is 2.96. The summed E-state index contributed by atoms with van der Waals surface area (Å²) < 4.78 is 10.7. The minimum Gasteiger partial charge on any atom is -0.486 e. The number of hydrogen-bond acceptors (Lipinski definition) is 4. The van der Waals surface area contributed by atoms with Gasteiger partial charge in [0, 0.05) is 12.3 Å². The molecule has 1 unspecified atom stereocenters. The van der Waals surface area contributed by atoms with E-state index in [1.165, 1.54) is 12.1 Å². The standard InChI is InChI=1S/C12H16ClNO4/c1-3-17-6-7(2)18-11-9(12(15)16)4-8(14)5-10(11)13/h4-5,7H,3,6,14H2,1-2H3,(H,15,16). The molecular formula is C12H16ClNO4. The predicted octanol–water partition coefficient (Wildman–Crippen LogP) is 2.42. The van der Waals surface area contributed by atoms with Crippen LogP contribution < -0.4 is 10.5 Å². The molecule has 100 valence electrons. The number of hydrogen-bond donors (Lipinski definition) is 2. The molecule has 1 aromatic carbocycles. The molecule has 1 aromatic rings. The molecule has 0 aliphatic rings. The monoisotopic (exact) mass is 273 g/mol. The predicted molar refractivity (Wildman–Crippen MR) is 69.4 cm³/mol. The van der Waals surface area contributed by atoms with Gasteiger partial charge in [0.05, 0.1) is 11.6 Å². The SMILES string of the molecule is CCOCC(C)Oc1c(Cl)cc(N)cc1C(=O)O. The zero-order valence-electron chi connectivity index (χ0n) is 10.3. The Hall–Kier alpha value is -1.46. The van der Waals surface area contributed by atoms with Gasteiger partial charge in [-0.1, -0.05) is 11.6 Å². The second kappa shape index (κ2) is 6.47. The van der Waals surface area contributed by atoms with Crippen LogP contribution in [0.25, 0.3) is 0 Å². The molecule has 0 radical (unpaired) electrons. The van der Waals surface area contributed by atoms with E-state index >= 15 is 0 Å². The summed E-state index contributed by atoms with van der Waals surface area (Å²) in [5.41, 5.74) is 5.78. The van der Waals surface area contributed by atoms with Gasteiger partial charge >= 0.3 is 5.97 Å². The normalized spacial score (nSPS) is 12.2. The molecule has 0 aliphatic carbocycles. The van der Waals surface area contributed by atoms with Gasteiger partial charge in [0.15, 0.2) is 5.75 Å². The average Bonchev–Trinajstić information content (AvgIpc) is 2.29. The first kappa shape index (κ1) is 14.6. The summed E-state index contributed by atoms with van der Waals surface area (Å²) >= 11 is 5.95. The molecule has 18 heavy (non-hydrogen) atoms. The first-order valence-electron chi connectivity index (χ1n) is 5.52. The molecule has 0 spiro atoms. The minimum absolute atomic E-state index is 0.0525. The van der Waals surface area contributed by atoms with E-state index in [1.54, 1.807) is 6.92 Å². The second-order valence-electron chi connectivity index (χ2n) is 3.77. The van der Waals surface area contributed by atoms with Crippen LogP contribution in [0.15, 0.2) is 12.1 Å². The van der Waals surface area contributed by atoms with E-state index in [9.17, 15) is 4.79 Å². The van der Waals surface area contributed by atoms with E-state index in [2.05, 4.69) is 0 Å². The number of nitrogens with two attached hydrogens (primary N) is 1. The number of nitrogen functional groups attached to an aromatic ring is 1. The van der Waals surface area contributed by atoms with Crippen molar-refractivity contribution >= 4 is 23.3 Å². The molecule has 1 rings (SSSR count). The molecule has 0 saturated heterocycles. The van der Waals surface area contributed by atoms with Gasteiger partial charge in [-0.3, -0.25) is 0 Å². The lowest BCUT2D eigenvalue weighted by atomic mass is 10.1. The van der Waals surface area contributed by atoms with E-state index in [1.807, 2.05) is 6.92 Å². The van der Waals surface area contributed by atoms with Crippen molar-refractivity contribution in [2.24, 2.45) is 0 Å². The Morgan fingerprint density at radius 2 is 2.22 bits per heavy atom. The smallest absolute Gasteiger partial charge is 0.339 e. The fourth-order valence-electron chi connectivity index (χ4n) is 1.41. The van der Waals surface area contributed by atoms with Gasteiger partial charge in [-0.05, 0) is 26.0 Å². The lowest BCUT2D eigenvalue weighted by Gasteiger charge is -2.17. The lowest BCUT2D eigenvalue weighted by Crippen LogP contribution is -2.20. The maximum Gasteiger partial charge on any atom is 0.339 e. The van der Waals surface area contributed by atoms with Crippen LogP contribution in [0.4, 0.5) is 5.69 Å². The molecule has 0 aromatic heterocycles. The minimum atomic E-state index is -1.14. The molecule has 6 heteroatoms. The van der Waals surface area contributed by atoms with Crippen LogP contribution in [-0.2, 0) is 4.74 Å². The number of halogens is 1. The largest absolute Gasteiger partial charge is 0.486 e. The number of rotatable bonds is 6. The number of benzene rings is 1. The Labute approximate surface area is 110 Å². The third-order valence-electron chi connectivity index (χ3n) is 2.17. The summed E-state index contributed by atoms with van der Waals surface area (Å²) in [7, 11) is 0. The topological polar surface area (TPSA) is 81.8 Å². The van der Waals surface area contributed by atoms with Crippen LogP contribution in [0.1, 0.15) is 24.2 Å². The van der Waals surface area contributed by atoms with Crippen molar-refractivity contribution in [3.63, 3.8) is 0 Å². The Kier molecular flexibility index (Phi) is 5.25. The van der Waals surface area contributed by atoms with Gasteiger partial charge in [0.1, 0.15) is 11.7 Å². The van der Waals surface area contributed by atoms with Crippen molar-refractivity contribution in [2.45, 2.75) is 20.0 Å². The molecule has 1 atom stereocenters. The molecule has 3 N–H and O–H groups in total. The van der Waals surface area contributed by atoms with Crippen LogP contribution in [0.5, 0.6) is 5.75 Å². The van der Waals surface area contributed by atoms with Crippen LogP contribution in [-0.4, -0.2) is 30.4 Å². The average molecular weight is 274 g/mol. The van der Waals surface area contributed by atoms with Crippen LogP contribution in [0.3, 0.4) is 0 Å². The second-order valence-corrected chi connectivity index (χ2v) is 4.18. The molecule has 0 amide bonds. The summed E-state index contributed by atoms with van der Waals surface area (Å²) in [5, 5.41) is 9.25. The number of aromatic carboxylic acids is 1. The highest BCUT2D eigenvalue weighted by molar-refractivity contribution is 6.33. The summed E-state index contributed by atoms with van der Waals surface area (Å²) in [5.74, 6) is -1.02. The van der Waals surface area contributed by atoms with Gasteiger partial charge in [-0.2, -0.15) is 0 Å². The van der Waals surface area contributed by atoms with Gasteiger partial charge in [-0.15, -0.1) is 0 Å². The van der Waals surface area contributed by atoms with Crippen molar-refractivity contribution in [3.8, 4) is 5.75 Å². The fraction of sp³-hybridized carbons (Fsp3) is 0.417. The number of ether oxygens (including phenoxy) is 2. The van der Waals surface area contributed by atoms with Crippen molar-refractivity contribution in [2.75, 3.05) is 18.9 Å². The quantitative estimate of drug-likeness (QED) is 0.778. The van der Waals surface area contributed by atoms with Gasteiger partial charge in [-0.25, -0.2) is 4.79 Å². The molecule has 0 bridgehead atoms. The van der Waals surface area contributed by atoms with Crippen molar-refractivity contribution in [1.29, 1.82) is 0 Å². The van der Waals surface area contributed by atoms with E-state index in [0.717, 1.165) is 0 Å². The van der Waals surface area contributed by atoms with Gasteiger partial charge < -0.3 is 20.3 Å². The Morgan fingerprint density at radius 3 is 2.78 bits per heavy atom. The first-order valence-corrected chi connectivity index (χ1v) is 5.90. The molecule has 5 nitrogen and oxygen atoms in total. The number of carboxylic acid groups (broad SMARTS) is 1. The third kappa shape index (κ3) is 3.78. The van der Waals surface area contributed by atoms with Crippen LogP contribution >= 0.6 is 11.6 Å². The van der Waals surface area contributed by atoms with Gasteiger partial charge in [0.25, 0.3) is 0 Å². The van der Waals surface area contributed by atoms with Gasteiger partial charge in [0.2, 0.25) is 0 Å². The number of anilines is 1. The van der Waals surface area contributed by atoms with E-state index in [-0.39, 0.29) is 28.1 Å². The lowest BCUT2D eigenvalue weighted by molar-refractivity contribution is 0.0607. The van der Waals surface area contributed by atoms with E-state index < -0.39 is 5.97 Å². The Morgan fingerprint density at radius 1 is 1.56 bits per heavy atom. The molecule has 0 aliphatic heterocycles. The van der Waals surface area contributed by atoms with Crippen LogP contribution in [0.2, 0.25) is 5.02 Å². The summed E-state index contributed by atoms with van der Waals surface area (Å²) in [6.45, 7) is 4.56. The zero-order valence-corrected chi connectivity index (χ0v) is 11.0. The Bertz CT molecular complexity index is 436. The molecule has 0 fully saturated rings. The fourth-order valence-corrected chi connectivity index (χ4v) is 1.68. The summed E-state index contributed by atoms with van der Waals surface area (Å²) in [4.78, 5) is 11.1. The first-order chi connectivity index (χ1) is 8.45. The maximum atomic E-state index is 11.1. The van der Waals surface area contributed by atoms with E-state index in [0.29, 0.717) is 13.2 Å². The van der Waals surface area contributed by atoms with Crippen molar-refractivity contribution in [1.82, 2.24) is 0 Å². The van der Waals surface area contributed by atoms with E-state index in [4.69, 9.17) is 31.9 Å². The number of carbonyl (C=O) groups is 1. The third-order valence-corrected chi connectivity index (χ3v) is 2.45. The highest BCUT2D eigenvalue weighted by atomic mass is 35.5. The number of carboxylic acids is 1. The molecule has 0 heterocycles. The highest BCUT2D eigenvalue weighted by Gasteiger charge is 2.18. The van der Waals surface area contributed by atoms with Crippen molar-refractivity contribution in [3.05, 3.63) is 22.7 Å². The zero-order chi connectivity index (χ0) is 13.7. The maximum absolute atomic E-state index is 11.1. The highest BCUT2D eigenvalue weighted by Crippen LogP contribution is 2.32. The molecular weight excluding hydrogens is 258 g/mol. The van der Waals surface area contributed by atoms with Crippen molar-refractivity contribution < 1.29 is 19.4 Å². The molecule has 0 saturated carbocycles. The summed E-state index contributed by atoms with van der Waals surface area (Å²) in [6.07, 6.45) is -0.302. The summed E-state index contributed by atoms with van der Waals surface area (Å²) in [6, 6.07) is 2.77.